The van der Waals surface area contributed by atoms with Gasteiger partial charge in [0.25, 0.3) is 5.22 Å². The number of nitrogens with one attached hydrogen (secondary N) is 1. The van der Waals surface area contributed by atoms with Crippen LogP contribution in [0.15, 0.2) is 33.9 Å². The Morgan fingerprint density at radius 1 is 1.23 bits per heavy atom. The van der Waals surface area contributed by atoms with Crippen LogP contribution in [0.4, 0.5) is 5.69 Å². The Bertz CT molecular complexity index is 728. The number of benzene rings is 1. The van der Waals surface area contributed by atoms with E-state index in [0.29, 0.717) is 29.0 Å². The summed E-state index contributed by atoms with van der Waals surface area (Å²) < 4.78 is 10.6. The minimum atomic E-state index is -0.357. The molecule has 0 aliphatic heterocycles. The highest BCUT2D eigenvalue weighted by molar-refractivity contribution is 7.99. The summed E-state index contributed by atoms with van der Waals surface area (Å²) in [5, 5.41) is 10.9. The number of amides is 1. The first-order chi connectivity index (χ1) is 12.5. The van der Waals surface area contributed by atoms with Crippen molar-refractivity contribution >= 4 is 29.3 Å². The van der Waals surface area contributed by atoms with Crippen molar-refractivity contribution in [3.05, 3.63) is 35.7 Å². The Labute approximate surface area is 156 Å². The molecule has 0 saturated carbocycles. The molecular weight excluding hydrogens is 354 g/mol. The summed E-state index contributed by atoms with van der Waals surface area (Å²) in [4.78, 5) is 23.8. The normalized spacial score (nSPS) is 10.8. The smallest absolute Gasteiger partial charge is 0.338 e. The maximum absolute atomic E-state index is 12.0. The van der Waals surface area contributed by atoms with Crippen molar-refractivity contribution in [3.63, 3.8) is 0 Å². The second-order valence-corrected chi connectivity index (χ2v) is 6.89. The number of esters is 1. The Morgan fingerprint density at radius 3 is 2.58 bits per heavy atom. The number of ether oxygens (including phenoxy) is 1. The second-order valence-electron chi connectivity index (χ2n) is 5.96. The lowest BCUT2D eigenvalue weighted by atomic mass is 10.2. The minimum absolute atomic E-state index is 0.151. The van der Waals surface area contributed by atoms with Gasteiger partial charge in [-0.05, 0) is 30.7 Å². The highest BCUT2D eigenvalue weighted by Gasteiger charge is 2.12. The Morgan fingerprint density at radius 2 is 1.96 bits per heavy atom. The molecule has 0 aliphatic carbocycles. The minimum Gasteiger partial charge on any atom is -0.462 e. The van der Waals surface area contributed by atoms with Crippen LogP contribution >= 0.6 is 11.8 Å². The second kappa shape index (κ2) is 9.96. The first kappa shape index (κ1) is 20.0. The van der Waals surface area contributed by atoms with E-state index in [9.17, 15) is 9.59 Å². The molecule has 140 valence electrons. The molecule has 0 unspecified atom stereocenters. The molecule has 1 aromatic carbocycles. The average Bonchev–Trinajstić information content (AvgIpc) is 3.10. The molecular formula is C18H23N3O4S. The van der Waals surface area contributed by atoms with E-state index >= 15 is 0 Å². The number of nitrogens with zero attached hydrogens (tertiary/aromatic N) is 2. The lowest BCUT2D eigenvalue weighted by Gasteiger charge is -2.06. The Kier molecular flexibility index (Phi) is 7.65. The van der Waals surface area contributed by atoms with Crippen LogP contribution in [0.1, 0.15) is 55.8 Å². The van der Waals surface area contributed by atoms with Gasteiger partial charge < -0.3 is 14.5 Å². The molecule has 2 aromatic rings. The first-order valence-corrected chi connectivity index (χ1v) is 9.51. The van der Waals surface area contributed by atoms with E-state index in [1.807, 2.05) is 20.8 Å². The van der Waals surface area contributed by atoms with Crippen molar-refractivity contribution in [1.29, 1.82) is 0 Å². The number of carbonyl (C=O) groups is 2. The van der Waals surface area contributed by atoms with E-state index in [2.05, 4.69) is 15.5 Å². The summed E-state index contributed by atoms with van der Waals surface area (Å²) in [5.74, 6) is 0.301. The maximum atomic E-state index is 12.0. The number of anilines is 1. The topological polar surface area (TPSA) is 94.3 Å². The molecule has 0 bridgehead atoms. The third-order valence-corrected chi connectivity index (χ3v) is 4.20. The predicted molar refractivity (Wildman–Crippen MR) is 99.4 cm³/mol. The van der Waals surface area contributed by atoms with Crippen LogP contribution in [0.5, 0.6) is 0 Å². The number of hydrogen-bond acceptors (Lipinski definition) is 7. The van der Waals surface area contributed by atoms with E-state index in [1.165, 1.54) is 11.8 Å². The summed E-state index contributed by atoms with van der Waals surface area (Å²) in [5.41, 5.74) is 1.06. The van der Waals surface area contributed by atoms with Gasteiger partial charge in [0.2, 0.25) is 11.8 Å². The number of carbonyl (C=O) groups excluding carboxylic acids is 2. The molecule has 1 amide bonds. The number of thioether (sulfide) groups is 1. The van der Waals surface area contributed by atoms with Crippen molar-refractivity contribution in [2.24, 2.45) is 0 Å². The molecule has 0 aliphatic rings. The van der Waals surface area contributed by atoms with Crippen LogP contribution in [0, 0.1) is 0 Å². The molecule has 7 nitrogen and oxygen atoms in total. The van der Waals surface area contributed by atoms with E-state index in [-0.39, 0.29) is 23.5 Å². The van der Waals surface area contributed by atoms with Crippen LogP contribution < -0.4 is 5.32 Å². The van der Waals surface area contributed by atoms with Crippen LogP contribution in [-0.2, 0) is 9.53 Å². The van der Waals surface area contributed by atoms with Crippen molar-refractivity contribution in [2.75, 3.05) is 17.7 Å². The van der Waals surface area contributed by atoms with E-state index in [1.54, 1.807) is 24.3 Å². The van der Waals surface area contributed by atoms with Gasteiger partial charge >= 0.3 is 5.97 Å². The molecule has 1 heterocycles. The highest BCUT2D eigenvalue weighted by atomic mass is 32.2. The highest BCUT2D eigenvalue weighted by Crippen LogP contribution is 2.20. The van der Waals surface area contributed by atoms with Gasteiger partial charge in [-0.15, -0.1) is 10.2 Å². The molecule has 0 radical (unpaired) electrons. The van der Waals surface area contributed by atoms with E-state index in [0.717, 1.165) is 12.8 Å². The zero-order valence-corrected chi connectivity index (χ0v) is 16.0. The fourth-order valence-corrected chi connectivity index (χ4v) is 2.49. The molecule has 8 heteroatoms. The molecule has 0 fully saturated rings. The van der Waals surface area contributed by atoms with Gasteiger partial charge in [-0.3, -0.25) is 4.79 Å². The van der Waals surface area contributed by atoms with Crippen LogP contribution in [-0.4, -0.2) is 34.4 Å². The van der Waals surface area contributed by atoms with Crippen molar-refractivity contribution in [1.82, 2.24) is 10.2 Å². The van der Waals surface area contributed by atoms with Gasteiger partial charge in [-0.2, -0.15) is 0 Å². The van der Waals surface area contributed by atoms with Gasteiger partial charge in [0.05, 0.1) is 17.9 Å². The van der Waals surface area contributed by atoms with Gasteiger partial charge in [-0.1, -0.05) is 39.0 Å². The zero-order chi connectivity index (χ0) is 18.9. The number of unbranched alkanes of at least 4 members (excludes halogenated alkanes) is 1. The molecule has 1 N–H and O–H groups in total. The Balaban J connectivity index is 1.80. The third kappa shape index (κ3) is 6.18. The maximum Gasteiger partial charge on any atom is 0.338 e. The van der Waals surface area contributed by atoms with Crippen molar-refractivity contribution < 1.29 is 18.7 Å². The molecule has 0 saturated heterocycles. The lowest BCUT2D eigenvalue weighted by molar-refractivity contribution is -0.113. The summed E-state index contributed by atoms with van der Waals surface area (Å²) in [6, 6.07) is 6.60. The van der Waals surface area contributed by atoms with Gasteiger partial charge in [-0.25, -0.2) is 4.79 Å². The quantitative estimate of drug-likeness (QED) is 0.402. The molecule has 26 heavy (non-hydrogen) atoms. The van der Waals surface area contributed by atoms with Gasteiger partial charge in [0.15, 0.2) is 0 Å². The third-order valence-electron chi connectivity index (χ3n) is 3.38. The number of hydrogen-bond donors (Lipinski definition) is 1. The molecule has 0 atom stereocenters. The molecule has 1 aromatic heterocycles. The summed E-state index contributed by atoms with van der Waals surface area (Å²) in [7, 11) is 0. The largest absolute Gasteiger partial charge is 0.462 e. The average molecular weight is 377 g/mol. The van der Waals surface area contributed by atoms with E-state index in [4.69, 9.17) is 9.15 Å². The zero-order valence-electron chi connectivity index (χ0n) is 15.2. The summed E-state index contributed by atoms with van der Waals surface area (Å²) in [6.45, 7) is 6.36. The van der Waals surface area contributed by atoms with Crippen LogP contribution in [0.25, 0.3) is 0 Å². The number of rotatable bonds is 9. The summed E-state index contributed by atoms with van der Waals surface area (Å²) in [6.07, 6.45) is 1.81. The monoisotopic (exact) mass is 377 g/mol. The standard InChI is InChI=1S/C18H23N3O4S/c1-4-5-10-24-17(23)13-6-8-14(9-7-13)19-15(22)11-26-18-21-20-16(25-18)12(2)3/h6-9,12H,4-5,10-11H2,1-3H3,(H,19,22). The fourth-order valence-electron chi connectivity index (χ4n) is 1.92. The summed E-state index contributed by atoms with van der Waals surface area (Å²) >= 11 is 1.18. The molecule has 2 rings (SSSR count). The lowest BCUT2D eigenvalue weighted by Crippen LogP contribution is -2.14. The SMILES string of the molecule is CCCCOC(=O)c1ccc(NC(=O)CSc2nnc(C(C)C)o2)cc1. The first-order valence-electron chi connectivity index (χ1n) is 8.52. The van der Waals surface area contributed by atoms with Crippen molar-refractivity contribution in [3.8, 4) is 0 Å². The van der Waals surface area contributed by atoms with Crippen LogP contribution in [0.3, 0.4) is 0 Å². The fraction of sp³-hybridized carbons (Fsp3) is 0.444. The van der Waals surface area contributed by atoms with Gasteiger partial charge in [0.1, 0.15) is 0 Å². The van der Waals surface area contributed by atoms with E-state index < -0.39 is 0 Å². The van der Waals surface area contributed by atoms with Gasteiger partial charge in [0, 0.05) is 11.6 Å². The number of aromatic nitrogens is 2. The predicted octanol–water partition coefficient (Wildman–Crippen LogP) is 3.88. The van der Waals surface area contributed by atoms with Crippen molar-refractivity contribution in [2.45, 2.75) is 44.8 Å². The Hall–Kier alpha value is -2.35. The van der Waals surface area contributed by atoms with Crippen LogP contribution in [0.2, 0.25) is 0 Å². The molecule has 0 spiro atoms.